The van der Waals surface area contributed by atoms with Crippen molar-refractivity contribution in [2.75, 3.05) is 42.6 Å². The van der Waals surface area contributed by atoms with Crippen LogP contribution in [0.3, 0.4) is 0 Å². The molecule has 0 aliphatic carbocycles. The summed E-state index contributed by atoms with van der Waals surface area (Å²) in [6.07, 6.45) is 1.53. The minimum Gasteiger partial charge on any atom is -0.379 e. The summed E-state index contributed by atoms with van der Waals surface area (Å²) in [5.41, 5.74) is 1.49. The number of morpholine rings is 1. The maximum Gasteiger partial charge on any atom is 0.255 e. The van der Waals surface area contributed by atoms with Crippen molar-refractivity contribution in [1.29, 1.82) is 0 Å². The number of ether oxygens (including phenoxy) is 1. The lowest BCUT2D eigenvalue weighted by molar-refractivity contribution is 0.0730. The van der Waals surface area contributed by atoms with Crippen LogP contribution in [0.1, 0.15) is 22.8 Å². The maximum atomic E-state index is 13.2. The Labute approximate surface area is 182 Å². The number of nitrogens with zero attached hydrogens (tertiary/aromatic N) is 1. The number of hydrogen-bond acceptors (Lipinski definition) is 6. The van der Waals surface area contributed by atoms with Gasteiger partial charge in [-0.25, -0.2) is 16.8 Å². The van der Waals surface area contributed by atoms with Crippen molar-refractivity contribution >= 4 is 37.3 Å². The van der Waals surface area contributed by atoms with Gasteiger partial charge in [0.2, 0.25) is 20.0 Å². The van der Waals surface area contributed by atoms with Crippen molar-refractivity contribution in [2.24, 2.45) is 0 Å². The Morgan fingerprint density at radius 2 is 1.71 bits per heavy atom. The zero-order chi connectivity index (χ0) is 22.6. The van der Waals surface area contributed by atoms with Crippen molar-refractivity contribution in [1.82, 2.24) is 4.31 Å². The highest BCUT2D eigenvalue weighted by Gasteiger charge is 2.29. The van der Waals surface area contributed by atoms with E-state index in [1.807, 2.05) is 6.92 Å². The first-order valence-electron chi connectivity index (χ1n) is 9.70. The Balaban J connectivity index is 1.87. The van der Waals surface area contributed by atoms with E-state index in [4.69, 9.17) is 4.74 Å². The van der Waals surface area contributed by atoms with E-state index in [0.717, 1.165) is 6.26 Å². The lowest BCUT2D eigenvalue weighted by Crippen LogP contribution is -2.41. The summed E-state index contributed by atoms with van der Waals surface area (Å²) < 4.78 is 58.1. The van der Waals surface area contributed by atoms with E-state index in [0.29, 0.717) is 36.6 Å². The Kier molecular flexibility index (Phi) is 6.99. The number of sulfonamides is 2. The largest absolute Gasteiger partial charge is 0.379 e. The Morgan fingerprint density at radius 1 is 1.03 bits per heavy atom. The number of rotatable bonds is 7. The van der Waals surface area contributed by atoms with Crippen LogP contribution < -0.4 is 10.0 Å². The Bertz CT molecular complexity index is 1170. The minimum absolute atomic E-state index is 0.108. The van der Waals surface area contributed by atoms with E-state index in [2.05, 4.69) is 10.0 Å². The van der Waals surface area contributed by atoms with Crippen molar-refractivity contribution in [3.63, 3.8) is 0 Å². The quantitative estimate of drug-likeness (QED) is 0.641. The molecule has 11 heteroatoms. The lowest BCUT2D eigenvalue weighted by Gasteiger charge is -2.27. The molecule has 2 aromatic rings. The molecule has 0 spiro atoms. The highest BCUT2D eigenvalue weighted by atomic mass is 32.2. The van der Waals surface area contributed by atoms with Crippen LogP contribution in [0.5, 0.6) is 0 Å². The van der Waals surface area contributed by atoms with Crippen LogP contribution in [0.15, 0.2) is 47.4 Å². The summed E-state index contributed by atoms with van der Waals surface area (Å²) in [4.78, 5) is 12.9. The number of benzene rings is 2. The van der Waals surface area contributed by atoms with E-state index in [9.17, 15) is 21.6 Å². The molecule has 31 heavy (non-hydrogen) atoms. The van der Waals surface area contributed by atoms with Crippen molar-refractivity contribution in [3.05, 3.63) is 53.6 Å². The molecule has 1 heterocycles. The molecular weight excluding hydrogens is 442 g/mol. The van der Waals surface area contributed by atoms with Gasteiger partial charge >= 0.3 is 0 Å². The minimum atomic E-state index is -3.76. The van der Waals surface area contributed by atoms with Crippen LogP contribution in [0.4, 0.5) is 11.4 Å². The molecule has 2 aromatic carbocycles. The van der Waals surface area contributed by atoms with E-state index >= 15 is 0 Å². The van der Waals surface area contributed by atoms with E-state index < -0.39 is 26.0 Å². The maximum absolute atomic E-state index is 13.2. The van der Waals surface area contributed by atoms with Crippen LogP contribution in [-0.4, -0.2) is 59.6 Å². The van der Waals surface area contributed by atoms with Crippen LogP contribution >= 0.6 is 0 Å². The molecule has 0 radical (unpaired) electrons. The van der Waals surface area contributed by atoms with Crippen molar-refractivity contribution in [2.45, 2.75) is 18.2 Å². The zero-order valence-corrected chi connectivity index (χ0v) is 18.9. The summed E-state index contributed by atoms with van der Waals surface area (Å²) in [5, 5.41) is 2.68. The average Bonchev–Trinajstić information content (AvgIpc) is 2.73. The highest BCUT2D eigenvalue weighted by molar-refractivity contribution is 7.92. The van der Waals surface area contributed by atoms with Crippen molar-refractivity contribution < 1.29 is 26.4 Å². The fourth-order valence-electron chi connectivity index (χ4n) is 3.23. The SMILES string of the molecule is CCc1ccc(C(=O)Nc2cccc(NS(C)(=O)=O)c2)cc1S(=O)(=O)N1CCOCC1. The molecule has 0 saturated carbocycles. The summed E-state index contributed by atoms with van der Waals surface area (Å²) in [7, 11) is -7.22. The van der Waals surface area contributed by atoms with Gasteiger partial charge in [0, 0.05) is 24.3 Å². The number of nitrogens with one attached hydrogen (secondary N) is 2. The molecule has 1 amide bonds. The Morgan fingerprint density at radius 3 is 2.35 bits per heavy atom. The molecule has 0 bridgehead atoms. The van der Waals surface area contributed by atoms with Gasteiger partial charge in [-0.05, 0) is 42.3 Å². The average molecular weight is 468 g/mol. The molecule has 2 N–H and O–H groups in total. The fourth-order valence-corrected chi connectivity index (χ4v) is 5.51. The van der Waals surface area contributed by atoms with Crippen LogP contribution in [0.2, 0.25) is 0 Å². The monoisotopic (exact) mass is 467 g/mol. The molecule has 1 aliphatic rings. The fraction of sp³-hybridized carbons (Fsp3) is 0.350. The topological polar surface area (TPSA) is 122 Å². The summed E-state index contributed by atoms with van der Waals surface area (Å²) in [6.45, 7) is 3.05. The molecule has 1 aliphatic heterocycles. The number of hydrogen-bond donors (Lipinski definition) is 2. The molecule has 1 saturated heterocycles. The van der Waals surface area contributed by atoms with Crippen LogP contribution in [-0.2, 0) is 31.2 Å². The van der Waals surface area contributed by atoms with E-state index in [1.165, 1.54) is 16.4 Å². The van der Waals surface area contributed by atoms with Gasteiger partial charge in [0.1, 0.15) is 0 Å². The normalized spacial score (nSPS) is 15.4. The van der Waals surface area contributed by atoms with Crippen LogP contribution in [0, 0.1) is 0 Å². The van der Waals surface area contributed by atoms with Gasteiger partial charge in [-0.1, -0.05) is 19.1 Å². The predicted octanol–water partition coefficient (Wildman–Crippen LogP) is 1.89. The second kappa shape index (κ2) is 9.35. The molecule has 0 aromatic heterocycles. The van der Waals surface area contributed by atoms with Gasteiger partial charge in [0.05, 0.1) is 30.1 Å². The van der Waals surface area contributed by atoms with Gasteiger partial charge in [-0.2, -0.15) is 4.31 Å². The van der Waals surface area contributed by atoms with Gasteiger partial charge < -0.3 is 10.1 Å². The second-order valence-electron chi connectivity index (χ2n) is 7.10. The highest BCUT2D eigenvalue weighted by Crippen LogP contribution is 2.24. The van der Waals surface area contributed by atoms with E-state index in [-0.39, 0.29) is 23.5 Å². The number of carbonyl (C=O) groups is 1. The number of amides is 1. The zero-order valence-electron chi connectivity index (χ0n) is 17.3. The predicted molar refractivity (Wildman–Crippen MR) is 118 cm³/mol. The standard InChI is InChI=1S/C20H25N3O6S2/c1-3-15-7-8-16(13-19(15)31(27,28)23-9-11-29-12-10-23)20(24)21-17-5-4-6-18(14-17)22-30(2,25)26/h4-8,13-14,22H,3,9-12H2,1-2H3,(H,21,24). The summed E-state index contributed by atoms with van der Waals surface area (Å²) in [6, 6.07) is 10.8. The molecular formula is C20H25N3O6S2. The molecule has 1 fully saturated rings. The van der Waals surface area contributed by atoms with Gasteiger partial charge in [0.25, 0.3) is 5.91 Å². The number of anilines is 2. The third-order valence-corrected chi connectivity index (χ3v) is 7.31. The summed E-state index contributed by atoms with van der Waals surface area (Å²) in [5.74, 6) is -0.502. The first kappa shape index (κ1) is 23.2. The Hall–Kier alpha value is -2.47. The molecule has 168 valence electrons. The first-order chi connectivity index (χ1) is 14.6. The second-order valence-corrected chi connectivity index (χ2v) is 10.8. The lowest BCUT2D eigenvalue weighted by atomic mass is 10.1. The van der Waals surface area contributed by atoms with Crippen molar-refractivity contribution in [3.8, 4) is 0 Å². The smallest absolute Gasteiger partial charge is 0.255 e. The first-order valence-corrected chi connectivity index (χ1v) is 13.0. The molecule has 0 atom stereocenters. The van der Waals surface area contributed by atoms with Crippen LogP contribution in [0.25, 0.3) is 0 Å². The van der Waals surface area contributed by atoms with E-state index in [1.54, 1.807) is 30.3 Å². The van der Waals surface area contributed by atoms with Gasteiger partial charge in [-0.15, -0.1) is 0 Å². The summed E-state index contributed by atoms with van der Waals surface area (Å²) >= 11 is 0. The number of aryl methyl sites for hydroxylation is 1. The third kappa shape index (κ3) is 5.82. The molecule has 0 unspecified atom stereocenters. The number of carbonyl (C=O) groups excluding carboxylic acids is 1. The van der Waals surface area contributed by atoms with Gasteiger partial charge in [0.15, 0.2) is 0 Å². The molecule has 9 nitrogen and oxygen atoms in total. The third-order valence-electron chi connectivity index (χ3n) is 4.72. The van der Waals surface area contributed by atoms with Gasteiger partial charge in [-0.3, -0.25) is 9.52 Å². The molecule has 3 rings (SSSR count).